The molecule has 0 saturated carbocycles. The Labute approximate surface area is 125 Å². The average Bonchev–Trinajstić information content (AvgIpc) is 2.55. The molecule has 0 aliphatic carbocycles. The molecular formula is C19H20N2. The first-order chi connectivity index (χ1) is 10.2. The van der Waals surface area contributed by atoms with Crippen LogP contribution >= 0.6 is 0 Å². The number of fused-ring (bicyclic) bond motifs is 1. The van der Waals surface area contributed by atoms with E-state index < -0.39 is 5.54 Å². The summed E-state index contributed by atoms with van der Waals surface area (Å²) < 4.78 is 0. The van der Waals surface area contributed by atoms with Gasteiger partial charge in [-0.2, -0.15) is 0 Å². The molecule has 0 amide bonds. The first-order valence-electron chi connectivity index (χ1n) is 7.40. The molecule has 21 heavy (non-hydrogen) atoms. The van der Waals surface area contributed by atoms with Gasteiger partial charge in [-0.15, -0.1) is 0 Å². The number of hydrogen-bond donors (Lipinski definition) is 1. The predicted molar refractivity (Wildman–Crippen MR) is 88.0 cm³/mol. The molecule has 0 bridgehead atoms. The molecule has 0 aliphatic rings. The minimum atomic E-state index is -0.394. The Morgan fingerprint density at radius 2 is 1.71 bits per heavy atom. The SMILES string of the molecule is CCC(N)(Cc1ccccc1)c1cccc2cccnc12. The second-order valence-corrected chi connectivity index (χ2v) is 5.55. The van der Waals surface area contributed by atoms with E-state index >= 15 is 0 Å². The van der Waals surface area contributed by atoms with Gasteiger partial charge in [0.2, 0.25) is 0 Å². The van der Waals surface area contributed by atoms with Gasteiger partial charge in [-0.3, -0.25) is 4.98 Å². The quantitative estimate of drug-likeness (QED) is 0.781. The van der Waals surface area contributed by atoms with Gasteiger partial charge in [-0.1, -0.05) is 61.5 Å². The number of pyridine rings is 1. The summed E-state index contributed by atoms with van der Waals surface area (Å²) in [7, 11) is 0. The van der Waals surface area contributed by atoms with E-state index in [2.05, 4.69) is 60.4 Å². The van der Waals surface area contributed by atoms with Crippen molar-refractivity contribution < 1.29 is 0 Å². The molecule has 0 saturated heterocycles. The summed E-state index contributed by atoms with van der Waals surface area (Å²) in [6.07, 6.45) is 3.53. The predicted octanol–water partition coefficient (Wildman–Crippen LogP) is 4.04. The zero-order valence-corrected chi connectivity index (χ0v) is 12.3. The Kier molecular flexibility index (Phi) is 3.72. The largest absolute Gasteiger partial charge is 0.321 e. The summed E-state index contributed by atoms with van der Waals surface area (Å²) in [6, 6.07) is 20.8. The van der Waals surface area contributed by atoms with Gasteiger partial charge in [0.15, 0.2) is 0 Å². The maximum Gasteiger partial charge on any atom is 0.0752 e. The van der Waals surface area contributed by atoms with E-state index in [0.717, 1.165) is 29.3 Å². The number of nitrogens with zero attached hydrogens (tertiary/aromatic N) is 1. The Hall–Kier alpha value is -2.19. The Morgan fingerprint density at radius 3 is 2.48 bits per heavy atom. The van der Waals surface area contributed by atoms with Crippen molar-refractivity contribution in [3.63, 3.8) is 0 Å². The normalized spacial score (nSPS) is 14.0. The molecule has 1 aromatic heterocycles. The highest BCUT2D eigenvalue weighted by Crippen LogP contribution is 2.31. The molecule has 2 N–H and O–H groups in total. The van der Waals surface area contributed by atoms with E-state index in [1.807, 2.05) is 18.3 Å². The minimum Gasteiger partial charge on any atom is -0.321 e. The number of para-hydroxylation sites is 1. The smallest absolute Gasteiger partial charge is 0.0752 e. The lowest BCUT2D eigenvalue weighted by molar-refractivity contribution is 0.428. The molecular weight excluding hydrogens is 256 g/mol. The molecule has 3 aromatic rings. The van der Waals surface area contributed by atoms with Gasteiger partial charge < -0.3 is 5.73 Å². The highest BCUT2D eigenvalue weighted by Gasteiger charge is 2.27. The van der Waals surface area contributed by atoms with Crippen LogP contribution < -0.4 is 5.73 Å². The van der Waals surface area contributed by atoms with Crippen molar-refractivity contribution in [1.29, 1.82) is 0 Å². The van der Waals surface area contributed by atoms with E-state index in [4.69, 9.17) is 5.73 Å². The standard InChI is InChI=1S/C19H20N2/c1-2-19(20,14-15-8-4-3-5-9-15)17-12-6-10-16-11-7-13-21-18(16)17/h3-13H,2,14,20H2,1H3. The summed E-state index contributed by atoms with van der Waals surface area (Å²) in [5.74, 6) is 0. The molecule has 2 heteroatoms. The lowest BCUT2D eigenvalue weighted by Crippen LogP contribution is -2.38. The van der Waals surface area contributed by atoms with Crippen LogP contribution in [0, 0.1) is 0 Å². The summed E-state index contributed by atoms with van der Waals surface area (Å²) >= 11 is 0. The Bertz CT molecular complexity index is 731. The van der Waals surface area contributed by atoms with Crippen molar-refractivity contribution >= 4 is 10.9 Å². The van der Waals surface area contributed by atoms with Crippen molar-refractivity contribution in [2.75, 3.05) is 0 Å². The third-order valence-electron chi connectivity index (χ3n) is 4.16. The highest BCUT2D eigenvalue weighted by atomic mass is 14.8. The highest BCUT2D eigenvalue weighted by molar-refractivity contribution is 5.82. The van der Waals surface area contributed by atoms with Crippen LogP contribution in [0.5, 0.6) is 0 Å². The third-order valence-corrected chi connectivity index (χ3v) is 4.16. The second-order valence-electron chi connectivity index (χ2n) is 5.55. The van der Waals surface area contributed by atoms with Crippen LogP contribution in [-0.4, -0.2) is 4.98 Å². The summed E-state index contributed by atoms with van der Waals surface area (Å²) in [5.41, 5.74) is 9.79. The molecule has 2 nitrogen and oxygen atoms in total. The van der Waals surface area contributed by atoms with E-state index in [1.54, 1.807) is 0 Å². The first-order valence-corrected chi connectivity index (χ1v) is 7.40. The first kappa shape index (κ1) is 13.8. The maximum atomic E-state index is 6.78. The van der Waals surface area contributed by atoms with E-state index in [0.29, 0.717) is 0 Å². The van der Waals surface area contributed by atoms with Gasteiger partial charge in [0, 0.05) is 17.1 Å². The summed E-state index contributed by atoms with van der Waals surface area (Å²) in [6.45, 7) is 2.14. The van der Waals surface area contributed by atoms with Crippen LogP contribution in [0.15, 0.2) is 66.9 Å². The fourth-order valence-corrected chi connectivity index (χ4v) is 2.88. The fraction of sp³-hybridized carbons (Fsp3) is 0.211. The summed E-state index contributed by atoms with van der Waals surface area (Å²) in [5, 5.41) is 1.14. The molecule has 0 aliphatic heterocycles. The lowest BCUT2D eigenvalue weighted by Gasteiger charge is -2.30. The number of hydrogen-bond acceptors (Lipinski definition) is 2. The van der Waals surface area contributed by atoms with Gasteiger partial charge >= 0.3 is 0 Å². The van der Waals surface area contributed by atoms with Crippen LogP contribution in [-0.2, 0) is 12.0 Å². The fourth-order valence-electron chi connectivity index (χ4n) is 2.88. The Balaban J connectivity index is 2.09. The molecule has 1 heterocycles. The van der Waals surface area contributed by atoms with Crippen molar-refractivity contribution in [2.24, 2.45) is 5.73 Å². The number of aromatic nitrogens is 1. The van der Waals surface area contributed by atoms with Crippen LogP contribution in [0.3, 0.4) is 0 Å². The molecule has 0 fully saturated rings. The van der Waals surface area contributed by atoms with Crippen LogP contribution in [0.2, 0.25) is 0 Å². The summed E-state index contributed by atoms with van der Waals surface area (Å²) in [4.78, 5) is 4.56. The molecule has 3 rings (SSSR count). The molecule has 1 unspecified atom stereocenters. The number of nitrogens with two attached hydrogens (primary N) is 1. The van der Waals surface area contributed by atoms with Gasteiger partial charge in [-0.25, -0.2) is 0 Å². The van der Waals surface area contributed by atoms with Gasteiger partial charge in [0.1, 0.15) is 0 Å². The van der Waals surface area contributed by atoms with E-state index in [-0.39, 0.29) is 0 Å². The molecule has 0 radical (unpaired) electrons. The second kappa shape index (κ2) is 5.66. The van der Waals surface area contributed by atoms with Gasteiger partial charge in [0.25, 0.3) is 0 Å². The Morgan fingerprint density at radius 1 is 0.952 bits per heavy atom. The van der Waals surface area contributed by atoms with Gasteiger partial charge in [0.05, 0.1) is 5.52 Å². The molecule has 106 valence electrons. The number of rotatable bonds is 4. The van der Waals surface area contributed by atoms with Crippen LogP contribution in [0.25, 0.3) is 10.9 Å². The zero-order valence-electron chi connectivity index (χ0n) is 12.3. The molecule has 1 atom stereocenters. The number of benzene rings is 2. The molecule has 2 aromatic carbocycles. The van der Waals surface area contributed by atoms with Crippen LogP contribution in [0.4, 0.5) is 0 Å². The van der Waals surface area contributed by atoms with Crippen molar-refractivity contribution in [3.05, 3.63) is 78.0 Å². The molecule has 0 spiro atoms. The average molecular weight is 276 g/mol. The van der Waals surface area contributed by atoms with E-state index in [9.17, 15) is 0 Å². The van der Waals surface area contributed by atoms with E-state index in [1.165, 1.54) is 5.56 Å². The van der Waals surface area contributed by atoms with Crippen molar-refractivity contribution in [3.8, 4) is 0 Å². The lowest BCUT2D eigenvalue weighted by atomic mass is 9.81. The minimum absolute atomic E-state index is 0.394. The maximum absolute atomic E-state index is 6.78. The third kappa shape index (κ3) is 2.67. The van der Waals surface area contributed by atoms with Gasteiger partial charge in [-0.05, 0) is 30.0 Å². The van der Waals surface area contributed by atoms with Crippen LogP contribution in [0.1, 0.15) is 24.5 Å². The zero-order chi connectivity index (χ0) is 14.7. The topological polar surface area (TPSA) is 38.9 Å². The van der Waals surface area contributed by atoms with Crippen molar-refractivity contribution in [1.82, 2.24) is 4.98 Å². The van der Waals surface area contributed by atoms with Crippen molar-refractivity contribution in [2.45, 2.75) is 25.3 Å². The monoisotopic (exact) mass is 276 g/mol.